The fourth-order valence-electron chi connectivity index (χ4n) is 2.23. The van der Waals surface area contributed by atoms with Crippen molar-refractivity contribution in [1.82, 2.24) is 9.97 Å². The summed E-state index contributed by atoms with van der Waals surface area (Å²) in [5.41, 5.74) is 0. The van der Waals surface area contributed by atoms with Crippen LogP contribution in [0.15, 0.2) is 18.6 Å². The molecule has 1 aromatic rings. The first kappa shape index (κ1) is 10.7. The van der Waals surface area contributed by atoms with Gasteiger partial charge in [0.25, 0.3) is 0 Å². The van der Waals surface area contributed by atoms with E-state index in [0.717, 1.165) is 12.4 Å². The molecule has 0 amide bonds. The summed E-state index contributed by atoms with van der Waals surface area (Å²) in [6, 6.07) is 0.612. The Morgan fingerprint density at radius 1 is 1.33 bits per heavy atom. The first-order valence-corrected chi connectivity index (χ1v) is 6.04. The molecular formula is C11H16ClN3. The third-order valence-electron chi connectivity index (χ3n) is 2.93. The summed E-state index contributed by atoms with van der Waals surface area (Å²) in [5, 5.41) is 0. The molecule has 4 heteroatoms. The van der Waals surface area contributed by atoms with Gasteiger partial charge in [-0.05, 0) is 12.8 Å². The van der Waals surface area contributed by atoms with Crippen molar-refractivity contribution in [2.24, 2.45) is 0 Å². The second kappa shape index (κ2) is 5.31. The molecule has 0 spiro atoms. The van der Waals surface area contributed by atoms with Gasteiger partial charge in [-0.1, -0.05) is 12.8 Å². The van der Waals surface area contributed by atoms with Crippen LogP contribution in [0.2, 0.25) is 0 Å². The first-order chi connectivity index (χ1) is 7.42. The Morgan fingerprint density at radius 3 is 2.73 bits per heavy atom. The van der Waals surface area contributed by atoms with Crippen LogP contribution in [0.1, 0.15) is 25.7 Å². The number of nitrogens with zero attached hydrogens (tertiary/aromatic N) is 3. The van der Waals surface area contributed by atoms with E-state index in [1.165, 1.54) is 25.7 Å². The molecule has 1 aliphatic carbocycles. The van der Waals surface area contributed by atoms with E-state index in [1.807, 2.05) is 6.20 Å². The van der Waals surface area contributed by atoms with E-state index in [4.69, 9.17) is 11.6 Å². The monoisotopic (exact) mass is 225 g/mol. The highest BCUT2D eigenvalue weighted by Crippen LogP contribution is 2.26. The highest BCUT2D eigenvalue weighted by atomic mass is 35.5. The number of hydrogen-bond donors (Lipinski definition) is 0. The van der Waals surface area contributed by atoms with Gasteiger partial charge in [-0.25, -0.2) is 4.98 Å². The third kappa shape index (κ3) is 2.59. The van der Waals surface area contributed by atoms with E-state index in [9.17, 15) is 0 Å². The lowest BCUT2D eigenvalue weighted by Gasteiger charge is -2.28. The maximum Gasteiger partial charge on any atom is 0.147 e. The molecule has 15 heavy (non-hydrogen) atoms. The summed E-state index contributed by atoms with van der Waals surface area (Å²) in [5.74, 6) is 1.61. The summed E-state index contributed by atoms with van der Waals surface area (Å²) < 4.78 is 0. The lowest BCUT2D eigenvalue weighted by Crippen LogP contribution is -2.35. The molecule has 1 aliphatic rings. The van der Waals surface area contributed by atoms with Crippen molar-refractivity contribution in [3.63, 3.8) is 0 Å². The quantitative estimate of drug-likeness (QED) is 0.738. The van der Waals surface area contributed by atoms with Gasteiger partial charge in [0.05, 0.1) is 6.20 Å². The molecular weight excluding hydrogens is 210 g/mol. The van der Waals surface area contributed by atoms with E-state index in [1.54, 1.807) is 12.4 Å². The van der Waals surface area contributed by atoms with Crippen LogP contribution in [0.5, 0.6) is 0 Å². The molecule has 0 saturated heterocycles. The van der Waals surface area contributed by atoms with Crippen LogP contribution in [0.25, 0.3) is 0 Å². The molecule has 1 heterocycles. The van der Waals surface area contributed by atoms with Gasteiger partial charge in [-0.3, -0.25) is 4.98 Å². The second-order valence-corrected chi connectivity index (χ2v) is 4.26. The van der Waals surface area contributed by atoms with Crippen molar-refractivity contribution in [3.05, 3.63) is 18.6 Å². The van der Waals surface area contributed by atoms with E-state index in [2.05, 4.69) is 14.9 Å². The molecule has 0 N–H and O–H groups in total. The summed E-state index contributed by atoms with van der Waals surface area (Å²) in [6.07, 6.45) is 10.4. The van der Waals surface area contributed by atoms with Crippen LogP contribution in [-0.4, -0.2) is 28.4 Å². The lowest BCUT2D eigenvalue weighted by atomic mass is 10.2. The van der Waals surface area contributed by atoms with E-state index in [0.29, 0.717) is 11.9 Å². The zero-order valence-electron chi connectivity index (χ0n) is 8.77. The Morgan fingerprint density at radius 2 is 2.13 bits per heavy atom. The summed E-state index contributed by atoms with van der Waals surface area (Å²) >= 11 is 5.83. The number of halogens is 1. The molecule has 0 aromatic carbocycles. The van der Waals surface area contributed by atoms with Crippen LogP contribution in [-0.2, 0) is 0 Å². The number of hydrogen-bond acceptors (Lipinski definition) is 3. The first-order valence-electron chi connectivity index (χ1n) is 5.50. The highest BCUT2D eigenvalue weighted by molar-refractivity contribution is 6.18. The molecule has 0 bridgehead atoms. The minimum atomic E-state index is 0.612. The van der Waals surface area contributed by atoms with Gasteiger partial charge in [0.2, 0.25) is 0 Å². The molecule has 3 nitrogen and oxygen atoms in total. The molecule has 1 saturated carbocycles. The summed E-state index contributed by atoms with van der Waals surface area (Å²) in [4.78, 5) is 10.8. The van der Waals surface area contributed by atoms with E-state index in [-0.39, 0.29) is 0 Å². The van der Waals surface area contributed by atoms with Gasteiger partial charge in [0.1, 0.15) is 5.82 Å². The second-order valence-electron chi connectivity index (χ2n) is 3.88. The van der Waals surface area contributed by atoms with Gasteiger partial charge in [-0.2, -0.15) is 0 Å². The predicted molar refractivity (Wildman–Crippen MR) is 62.4 cm³/mol. The van der Waals surface area contributed by atoms with Crippen LogP contribution in [0, 0.1) is 0 Å². The molecule has 0 aliphatic heterocycles. The highest BCUT2D eigenvalue weighted by Gasteiger charge is 2.23. The lowest BCUT2D eigenvalue weighted by molar-refractivity contribution is 0.613. The van der Waals surface area contributed by atoms with Crippen LogP contribution < -0.4 is 4.90 Å². The van der Waals surface area contributed by atoms with Crippen LogP contribution in [0.4, 0.5) is 5.82 Å². The fraction of sp³-hybridized carbons (Fsp3) is 0.636. The molecule has 0 atom stereocenters. The third-order valence-corrected chi connectivity index (χ3v) is 3.10. The standard InChI is InChI=1S/C11H16ClN3/c12-5-8-15(10-3-1-2-4-10)11-9-13-6-7-14-11/h6-7,9-10H,1-5,8H2. The minimum absolute atomic E-state index is 0.612. The Labute approximate surface area is 95.5 Å². The van der Waals surface area contributed by atoms with Gasteiger partial charge in [0, 0.05) is 30.9 Å². The summed E-state index contributed by atoms with van der Waals surface area (Å²) in [7, 11) is 0. The van der Waals surface area contributed by atoms with E-state index < -0.39 is 0 Å². The van der Waals surface area contributed by atoms with Crippen LogP contribution in [0.3, 0.4) is 0 Å². The number of aromatic nitrogens is 2. The molecule has 0 unspecified atom stereocenters. The Balaban J connectivity index is 2.11. The molecule has 1 aromatic heterocycles. The van der Waals surface area contributed by atoms with Gasteiger partial charge in [0.15, 0.2) is 0 Å². The zero-order valence-corrected chi connectivity index (χ0v) is 9.53. The Bertz CT molecular complexity index is 285. The number of anilines is 1. The van der Waals surface area contributed by atoms with Gasteiger partial charge >= 0.3 is 0 Å². The summed E-state index contributed by atoms with van der Waals surface area (Å²) in [6.45, 7) is 0.866. The average molecular weight is 226 g/mol. The van der Waals surface area contributed by atoms with Gasteiger partial charge < -0.3 is 4.90 Å². The average Bonchev–Trinajstić information content (AvgIpc) is 2.80. The zero-order chi connectivity index (χ0) is 10.5. The van der Waals surface area contributed by atoms with Gasteiger partial charge in [-0.15, -0.1) is 11.6 Å². The maximum atomic E-state index is 5.83. The molecule has 2 rings (SSSR count). The SMILES string of the molecule is ClCCN(c1cnccn1)C1CCCC1. The topological polar surface area (TPSA) is 29.0 Å². The fourth-order valence-corrected chi connectivity index (χ4v) is 2.41. The molecule has 0 radical (unpaired) electrons. The van der Waals surface area contributed by atoms with Crippen LogP contribution >= 0.6 is 11.6 Å². The van der Waals surface area contributed by atoms with Crippen molar-refractivity contribution in [2.75, 3.05) is 17.3 Å². The molecule has 1 fully saturated rings. The Hall–Kier alpha value is -0.830. The Kier molecular flexibility index (Phi) is 3.78. The number of rotatable bonds is 4. The van der Waals surface area contributed by atoms with Crippen molar-refractivity contribution in [2.45, 2.75) is 31.7 Å². The largest absolute Gasteiger partial charge is 0.351 e. The van der Waals surface area contributed by atoms with E-state index >= 15 is 0 Å². The number of alkyl halides is 1. The van der Waals surface area contributed by atoms with Crippen molar-refractivity contribution < 1.29 is 0 Å². The maximum absolute atomic E-state index is 5.83. The normalized spacial score (nSPS) is 16.9. The minimum Gasteiger partial charge on any atom is -0.351 e. The predicted octanol–water partition coefficient (Wildman–Crippen LogP) is 2.46. The van der Waals surface area contributed by atoms with Crippen molar-refractivity contribution in [3.8, 4) is 0 Å². The van der Waals surface area contributed by atoms with Crippen molar-refractivity contribution >= 4 is 17.4 Å². The smallest absolute Gasteiger partial charge is 0.147 e. The van der Waals surface area contributed by atoms with Crippen molar-refractivity contribution in [1.29, 1.82) is 0 Å². The molecule has 82 valence electrons.